The molecule has 168 valence electrons. The molecule has 7 heteroatoms. The lowest BCUT2D eigenvalue weighted by atomic mass is 9.75. The zero-order valence-corrected chi connectivity index (χ0v) is 19.7. The molecule has 0 radical (unpaired) electrons. The van der Waals surface area contributed by atoms with Crippen LogP contribution in [0.3, 0.4) is 0 Å². The molecule has 1 aliphatic carbocycles. The molecule has 4 aliphatic rings. The zero-order chi connectivity index (χ0) is 22.0. The third-order valence-corrected chi connectivity index (χ3v) is 8.30. The first kappa shape index (κ1) is 21.4. The van der Waals surface area contributed by atoms with Crippen molar-refractivity contribution < 1.29 is 14.3 Å². The molecule has 4 fully saturated rings. The van der Waals surface area contributed by atoms with Crippen LogP contribution in [0.15, 0.2) is 24.3 Å². The summed E-state index contributed by atoms with van der Waals surface area (Å²) in [5.41, 5.74) is 0.134. The van der Waals surface area contributed by atoms with Gasteiger partial charge in [0.15, 0.2) is 5.60 Å². The van der Waals surface area contributed by atoms with Crippen LogP contribution in [0.2, 0.25) is 0 Å². The molecular formula is C24H30Cl2N2O3. The van der Waals surface area contributed by atoms with Crippen molar-refractivity contribution in [1.29, 1.82) is 0 Å². The van der Waals surface area contributed by atoms with Crippen molar-refractivity contribution >= 4 is 35.0 Å². The topological polar surface area (TPSA) is 49.9 Å². The Morgan fingerprint density at radius 1 is 1.16 bits per heavy atom. The molecule has 2 amide bonds. The van der Waals surface area contributed by atoms with Crippen LogP contribution in [0.4, 0.5) is 0 Å². The maximum absolute atomic E-state index is 13.4. The van der Waals surface area contributed by atoms with E-state index in [-0.39, 0.29) is 11.8 Å². The molecule has 5 nitrogen and oxygen atoms in total. The van der Waals surface area contributed by atoms with Gasteiger partial charge in [0.1, 0.15) is 10.1 Å². The Balaban J connectivity index is 1.25. The highest BCUT2D eigenvalue weighted by atomic mass is 35.5. The Bertz CT molecular complexity index is 885. The molecule has 1 saturated carbocycles. The average molecular weight is 465 g/mol. The first-order valence-electron chi connectivity index (χ1n) is 11.4. The third-order valence-electron chi connectivity index (χ3n) is 7.46. The molecule has 0 spiro atoms. The molecular weight excluding hydrogens is 435 g/mol. The minimum atomic E-state index is -0.961. The first-order chi connectivity index (χ1) is 14.6. The molecule has 0 N–H and O–H groups in total. The molecule has 3 heterocycles. The van der Waals surface area contributed by atoms with E-state index in [9.17, 15) is 9.59 Å². The second-order valence-electron chi connectivity index (χ2n) is 10.3. The van der Waals surface area contributed by atoms with Crippen LogP contribution in [-0.2, 0) is 9.59 Å². The van der Waals surface area contributed by atoms with Crippen molar-refractivity contribution in [3.05, 3.63) is 29.8 Å². The minimum absolute atomic E-state index is 0.0181. The van der Waals surface area contributed by atoms with Gasteiger partial charge in [-0.3, -0.25) is 9.59 Å². The number of piperidine rings is 3. The van der Waals surface area contributed by atoms with E-state index in [1.54, 1.807) is 0 Å². The van der Waals surface area contributed by atoms with Crippen LogP contribution in [0.1, 0.15) is 57.4 Å². The van der Waals surface area contributed by atoms with E-state index >= 15 is 0 Å². The number of ether oxygens (including phenoxy) is 1. The monoisotopic (exact) mass is 464 g/mol. The van der Waals surface area contributed by atoms with Crippen molar-refractivity contribution in [3.63, 3.8) is 0 Å². The van der Waals surface area contributed by atoms with Gasteiger partial charge in [0.25, 0.3) is 5.91 Å². The van der Waals surface area contributed by atoms with Crippen LogP contribution in [0.25, 0.3) is 0 Å². The van der Waals surface area contributed by atoms with Gasteiger partial charge in [0.05, 0.1) is 0 Å². The number of carbonyl (C=O) groups is 2. The van der Waals surface area contributed by atoms with Gasteiger partial charge in [-0.05, 0) is 69.1 Å². The van der Waals surface area contributed by atoms with Gasteiger partial charge in [-0.2, -0.15) is 0 Å². The van der Waals surface area contributed by atoms with Gasteiger partial charge in [-0.1, -0.05) is 12.1 Å². The smallest absolute Gasteiger partial charge is 0.266 e. The predicted molar refractivity (Wildman–Crippen MR) is 120 cm³/mol. The summed E-state index contributed by atoms with van der Waals surface area (Å²) in [6.07, 6.45) is 4.58. The van der Waals surface area contributed by atoms with Crippen molar-refractivity contribution in [3.8, 4) is 5.75 Å². The van der Waals surface area contributed by atoms with E-state index in [1.807, 2.05) is 43.0 Å². The molecule has 3 saturated heterocycles. The lowest BCUT2D eigenvalue weighted by molar-refractivity contribution is -0.156. The van der Waals surface area contributed by atoms with Gasteiger partial charge < -0.3 is 14.5 Å². The van der Waals surface area contributed by atoms with Gasteiger partial charge in [-0.15, -0.1) is 23.2 Å². The average Bonchev–Trinajstić information content (AvgIpc) is 3.36. The number of halogens is 2. The van der Waals surface area contributed by atoms with Crippen molar-refractivity contribution in [2.75, 3.05) is 19.6 Å². The quantitative estimate of drug-likeness (QED) is 0.621. The van der Waals surface area contributed by atoms with Gasteiger partial charge in [-0.25, -0.2) is 0 Å². The number of hydrogen-bond acceptors (Lipinski definition) is 3. The van der Waals surface area contributed by atoms with Crippen LogP contribution in [-0.4, -0.2) is 57.2 Å². The number of likely N-dealkylation sites (tertiary alicyclic amines) is 1. The van der Waals surface area contributed by atoms with Crippen molar-refractivity contribution in [1.82, 2.24) is 9.80 Å². The fourth-order valence-electron chi connectivity index (χ4n) is 5.84. The van der Waals surface area contributed by atoms with Crippen LogP contribution in [0, 0.1) is 11.8 Å². The maximum atomic E-state index is 13.4. The summed E-state index contributed by atoms with van der Waals surface area (Å²) in [4.78, 5) is 29.9. The summed E-state index contributed by atoms with van der Waals surface area (Å²) in [5, 5.41) is 0. The highest BCUT2D eigenvalue weighted by Crippen LogP contribution is 2.59. The summed E-state index contributed by atoms with van der Waals surface area (Å²) in [6, 6.07) is 8.04. The Kier molecular flexibility index (Phi) is 5.21. The molecule has 0 unspecified atom stereocenters. The summed E-state index contributed by atoms with van der Waals surface area (Å²) >= 11 is 12.3. The predicted octanol–water partition coefficient (Wildman–Crippen LogP) is 4.36. The number of fused-ring (bicyclic) bond motifs is 4. The highest BCUT2D eigenvalue weighted by Gasteiger charge is 2.52. The van der Waals surface area contributed by atoms with E-state index < -0.39 is 9.93 Å². The normalized spacial score (nSPS) is 31.8. The summed E-state index contributed by atoms with van der Waals surface area (Å²) in [6.45, 7) is 5.88. The van der Waals surface area contributed by atoms with Crippen LogP contribution >= 0.6 is 23.2 Å². The largest absolute Gasteiger partial charge is 0.478 e. The Morgan fingerprint density at radius 2 is 1.87 bits per heavy atom. The number of hydrogen-bond donors (Lipinski definition) is 0. The minimum Gasteiger partial charge on any atom is -0.478 e. The van der Waals surface area contributed by atoms with Crippen LogP contribution in [0.5, 0.6) is 5.75 Å². The van der Waals surface area contributed by atoms with Crippen molar-refractivity contribution in [2.45, 2.75) is 67.8 Å². The lowest BCUT2D eigenvalue weighted by Crippen LogP contribution is -2.63. The number of nitrogens with zero attached hydrogens (tertiary/aromatic N) is 2. The molecule has 5 rings (SSSR count). The number of benzene rings is 1. The van der Waals surface area contributed by atoms with Gasteiger partial charge in [0, 0.05) is 38.0 Å². The Morgan fingerprint density at radius 3 is 2.55 bits per heavy atom. The van der Waals surface area contributed by atoms with Crippen molar-refractivity contribution in [2.24, 2.45) is 11.8 Å². The molecule has 1 aromatic rings. The summed E-state index contributed by atoms with van der Waals surface area (Å²) in [7, 11) is 0. The van der Waals surface area contributed by atoms with E-state index in [0.29, 0.717) is 49.0 Å². The number of carbonyl (C=O) groups excluding carboxylic acids is 2. The molecule has 4 atom stereocenters. The zero-order valence-electron chi connectivity index (χ0n) is 18.2. The summed E-state index contributed by atoms with van der Waals surface area (Å²) in [5.74, 6) is 1.88. The standard InChI is InChI=1S/C24H30Cl2N2O3/c1-23(2,31-18-8-6-16(7-9-18)19-11-24(19,25)26)22(30)27-12-15-10-17(14-27)20-4-3-5-21(29)28(20)13-15/h6-9,15,17,19-20H,3-5,10-14H2,1-2H3/t15-,17+,19-,20-/m1/s1. The fourth-order valence-corrected chi connectivity index (χ4v) is 6.40. The van der Waals surface area contributed by atoms with E-state index in [4.69, 9.17) is 27.9 Å². The first-order valence-corrected chi connectivity index (χ1v) is 12.2. The number of alkyl halides is 2. The highest BCUT2D eigenvalue weighted by molar-refractivity contribution is 6.51. The van der Waals surface area contributed by atoms with E-state index in [0.717, 1.165) is 37.8 Å². The number of amides is 2. The second kappa shape index (κ2) is 7.55. The maximum Gasteiger partial charge on any atom is 0.266 e. The molecule has 3 aliphatic heterocycles. The van der Waals surface area contributed by atoms with Crippen LogP contribution < -0.4 is 4.74 Å². The molecule has 2 bridgehead atoms. The second-order valence-corrected chi connectivity index (χ2v) is 11.8. The third kappa shape index (κ3) is 4.04. The Hall–Kier alpha value is -1.46. The number of rotatable bonds is 4. The lowest BCUT2D eigenvalue weighted by Gasteiger charge is -2.53. The van der Waals surface area contributed by atoms with Gasteiger partial charge >= 0.3 is 0 Å². The SMILES string of the molecule is CC(C)(Oc1ccc([C@H]2CC2(Cl)Cl)cc1)C(=O)N1C[C@H]2C[C@@H](C1)[C@H]1CCCC(=O)N1C2. The fraction of sp³-hybridized carbons (Fsp3) is 0.667. The molecule has 0 aromatic heterocycles. The van der Waals surface area contributed by atoms with E-state index in [2.05, 4.69) is 4.90 Å². The molecule has 31 heavy (non-hydrogen) atoms. The summed E-state index contributed by atoms with van der Waals surface area (Å²) < 4.78 is 5.50. The van der Waals surface area contributed by atoms with E-state index in [1.165, 1.54) is 0 Å². The molecule has 1 aromatic carbocycles. The van der Waals surface area contributed by atoms with Gasteiger partial charge in [0.2, 0.25) is 5.91 Å². The Labute approximate surface area is 194 Å².